The van der Waals surface area contributed by atoms with Gasteiger partial charge in [-0.2, -0.15) is 0 Å². The van der Waals surface area contributed by atoms with E-state index in [-0.39, 0.29) is 0 Å². The Morgan fingerprint density at radius 3 is 2.42 bits per heavy atom. The summed E-state index contributed by atoms with van der Waals surface area (Å²) in [5, 5.41) is 0. The van der Waals surface area contributed by atoms with E-state index in [2.05, 4.69) is 12.2 Å². The highest BCUT2D eigenvalue weighted by atomic mass is 33.2. The molecule has 0 aromatic rings. The maximum absolute atomic E-state index is 5.85. The maximum atomic E-state index is 5.85. The van der Waals surface area contributed by atoms with Gasteiger partial charge >= 0.3 is 0 Å². The first-order valence-corrected chi connectivity index (χ1v) is 9.76. The summed E-state index contributed by atoms with van der Waals surface area (Å²) in [5.41, 5.74) is 5.85. The van der Waals surface area contributed by atoms with Crippen LogP contribution in [0.25, 0.3) is 0 Å². The smallest absolute Gasteiger partial charge is 0.112 e. The first kappa shape index (κ1) is 9.85. The minimum atomic E-state index is -1.83. The molecule has 0 radical (unpaired) electrons. The van der Waals surface area contributed by atoms with Crippen LogP contribution in [0.2, 0.25) is 0 Å². The molecule has 2 rings (SSSR count). The number of thiol groups is 1. The van der Waals surface area contributed by atoms with Crippen LogP contribution in [0.1, 0.15) is 32.1 Å². The highest BCUT2D eigenvalue weighted by Gasteiger charge is 2.46. The van der Waals surface area contributed by atoms with Crippen molar-refractivity contribution in [2.75, 3.05) is 0 Å². The van der Waals surface area contributed by atoms with E-state index in [0.717, 1.165) is 5.92 Å². The van der Waals surface area contributed by atoms with Crippen LogP contribution < -0.4 is 5.50 Å². The number of fused-ring (bicyclic) bond motifs is 2. The molecule has 0 aromatic heterocycles. The summed E-state index contributed by atoms with van der Waals surface area (Å²) in [4.78, 5) is 0. The van der Waals surface area contributed by atoms with Crippen molar-refractivity contribution in [1.82, 2.24) is 0 Å². The fraction of sp³-hybridized carbons (Fsp3) is 1.00. The molecular weight excluding hydrogens is 225 g/mol. The van der Waals surface area contributed by atoms with Crippen molar-refractivity contribution in [3.05, 3.63) is 0 Å². The second-order valence-electron chi connectivity index (χ2n) is 3.99. The number of hydrogen-bond acceptors (Lipinski definition) is 2. The lowest BCUT2D eigenvalue weighted by molar-refractivity contribution is 0.501. The van der Waals surface area contributed by atoms with Crippen molar-refractivity contribution in [3.8, 4) is 0 Å². The van der Waals surface area contributed by atoms with Crippen molar-refractivity contribution in [1.29, 1.82) is 0 Å². The van der Waals surface area contributed by atoms with Crippen LogP contribution >= 0.6 is 28.2 Å². The fourth-order valence-electron chi connectivity index (χ4n) is 2.54. The second kappa shape index (κ2) is 3.16. The Morgan fingerprint density at radius 2 is 2.08 bits per heavy atom. The van der Waals surface area contributed by atoms with E-state index in [9.17, 15) is 0 Å². The first-order valence-electron chi connectivity index (χ1n) is 4.31. The molecule has 0 spiro atoms. The second-order valence-corrected chi connectivity index (χ2v) is 14.4. The van der Waals surface area contributed by atoms with Crippen LogP contribution in [0.15, 0.2) is 0 Å². The molecule has 1 nitrogen and oxygen atoms in total. The lowest BCUT2D eigenvalue weighted by Gasteiger charge is -2.28. The molecule has 70 valence electrons. The topological polar surface area (TPSA) is 26.0 Å². The molecule has 0 aromatic carbocycles. The molecule has 2 saturated carbocycles. The van der Waals surface area contributed by atoms with Gasteiger partial charge in [0.25, 0.3) is 0 Å². The molecule has 0 heterocycles. The van der Waals surface area contributed by atoms with E-state index in [1.165, 1.54) is 32.1 Å². The zero-order chi connectivity index (χ0) is 8.82. The Morgan fingerprint density at radius 1 is 1.50 bits per heavy atom. The van der Waals surface area contributed by atoms with Gasteiger partial charge in [0, 0.05) is 4.75 Å². The molecular formula is C7H14NPS3. The Bertz CT molecular complexity index is 229. The molecule has 2 aliphatic rings. The standard InChI is InChI=1S/C7H14NPS3/c8-9(10,11)12-7-3-1-6(5-7)2-4-7/h6H,1-5H2,(H3,8,10,11). The van der Waals surface area contributed by atoms with E-state index in [4.69, 9.17) is 17.3 Å². The van der Waals surface area contributed by atoms with Gasteiger partial charge in [-0.1, -0.05) is 23.2 Å². The highest BCUT2D eigenvalue weighted by molar-refractivity contribution is 8.96. The number of rotatable bonds is 2. The summed E-state index contributed by atoms with van der Waals surface area (Å²) in [5.74, 6) is 0.979. The largest absolute Gasteiger partial charge is 0.287 e. The van der Waals surface area contributed by atoms with Crippen molar-refractivity contribution in [3.63, 3.8) is 0 Å². The van der Waals surface area contributed by atoms with Crippen LogP contribution in [-0.4, -0.2) is 4.75 Å². The predicted molar refractivity (Wildman–Crippen MR) is 64.4 cm³/mol. The van der Waals surface area contributed by atoms with Crippen LogP contribution in [-0.2, 0) is 11.8 Å². The molecule has 12 heavy (non-hydrogen) atoms. The third-order valence-electron chi connectivity index (χ3n) is 3.00. The molecule has 2 fully saturated rings. The quantitative estimate of drug-likeness (QED) is 0.572. The maximum Gasteiger partial charge on any atom is 0.112 e. The van der Waals surface area contributed by atoms with Crippen molar-refractivity contribution < 1.29 is 0 Å². The third kappa shape index (κ3) is 2.03. The molecule has 0 saturated heterocycles. The average molecular weight is 239 g/mol. The third-order valence-corrected chi connectivity index (χ3v) is 7.58. The van der Waals surface area contributed by atoms with E-state index in [0.29, 0.717) is 4.75 Å². The van der Waals surface area contributed by atoms with Gasteiger partial charge in [-0.15, -0.1) is 12.2 Å². The van der Waals surface area contributed by atoms with E-state index in [1.54, 1.807) is 0 Å². The predicted octanol–water partition coefficient (Wildman–Crippen LogP) is 3.17. The van der Waals surface area contributed by atoms with Crippen LogP contribution in [0, 0.1) is 5.92 Å². The van der Waals surface area contributed by atoms with Crippen molar-refractivity contribution in [2.45, 2.75) is 36.9 Å². The zero-order valence-electron chi connectivity index (χ0n) is 6.90. The van der Waals surface area contributed by atoms with Gasteiger partial charge in [-0.05, 0) is 38.0 Å². The van der Waals surface area contributed by atoms with E-state index < -0.39 is 4.59 Å². The van der Waals surface area contributed by atoms with Gasteiger partial charge in [0.2, 0.25) is 0 Å². The summed E-state index contributed by atoms with van der Waals surface area (Å²) in [7, 11) is 0. The van der Waals surface area contributed by atoms with Crippen molar-refractivity contribution in [2.24, 2.45) is 11.4 Å². The minimum absolute atomic E-state index is 0.455. The van der Waals surface area contributed by atoms with Gasteiger partial charge in [-0.25, -0.2) is 0 Å². The molecule has 0 amide bonds. The fourth-order valence-corrected chi connectivity index (χ4v) is 9.25. The molecule has 2 aliphatic carbocycles. The van der Waals surface area contributed by atoms with Crippen LogP contribution in [0.3, 0.4) is 0 Å². The molecule has 2 N–H and O–H groups in total. The average Bonchev–Trinajstić information content (AvgIpc) is 2.40. The zero-order valence-corrected chi connectivity index (χ0v) is 10.3. The number of nitrogens with two attached hydrogens (primary N) is 1. The van der Waals surface area contributed by atoms with Crippen molar-refractivity contribution >= 4 is 40.0 Å². The number of hydrogen-bond donors (Lipinski definition) is 2. The minimum Gasteiger partial charge on any atom is -0.287 e. The lowest BCUT2D eigenvalue weighted by Crippen LogP contribution is -2.16. The summed E-state index contributed by atoms with van der Waals surface area (Å²) >= 11 is 11.3. The summed E-state index contributed by atoms with van der Waals surface area (Å²) < 4.78 is -1.37. The Hall–Kier alpha value is 1.31. The van der Waals surface area contributed by atoms with E-state index in [1.807, 2.05) is 11.4 Å². The highest BCUT2D eigenvalue weighted by Crippen LogP contribution is 2.69. The molecule has 1 unspecified atom stereocenters. The molecule has 0 aliphatic heterocycles. The summed E-state index contributed by atoms with van der Waals surface area (Å²) in [6, 6.07) is 0. The molecule has 1 atom stereocenters. The SMILES string of the molecule is NP(=S)(S)SC12CCC(CC1)C2. The van der Waals surface area contributed by atoms with Gasteiger partial charge < -0.3 is 0 Å². The Balaban J connectivity index is 2.08. The first-order chi connectivity index (χ1) is 5.49. The van der Waals surface area contributed by atoms with Gasteiger partial charge in [-0.3, -0.25) is 5.50 Å². The van der Waals surface area contributed by atoms with Gasteiger partial charge in [0.15, 0.2) is 0 Å². The van der Waals surface area contributed by atoms with Crippen LogP contribution in [0.4, 0.5) is 0 Å². The van der Waals surface area contributed by atoms with E-state index >= 15 is 0 Å². The summed E-state index contributed by atoms with van der Waals surface area (Å²) in [6.07, 6.45) is 6.82. The van der Waals surface area contributed by atoms with Crippen LogP contribution in [0.5, 0.6) is 0 Å². The Kier molecular flexibility index (Phi) is 2.60. The summed E-state index contributed by atoms with van der Waals surface area (Å²) in [6.45, 7) is 0. The van der Waals surface area contributed by atoms with Gasteiger partial charge in [0.1, 0.15) is 4.59 Å². The Labute approximate surface area is 88.2 Å². The molecule has 5 heteroatoms. The molecule has 2 bridgehead atoms. The van der Waals surface area contributed by atoms with Gasteiger partial charge in [0.05, 0.1) is 0 Å². The monoisotopic (exact) mass is 239 g/mol. The lowest BCUT2D eigenvalue weighted by atomic mass is 10.0. The normalized spacial score (nSPS) is 44.7.